The van der Waals surface area contributed by atoms with Crippen molar-refractivity contribution in [1.82, 2.24) is 15.0 Å². The molecule has 3 aromatic heterocycles. The van der Waals surface area contributed by atoms with Gasteiger partial charge in [0.1, 0.15) is 0 Å². The summed E-state index contributed by atoms with van der Waals surface area (Å²) in [7, 11) is 0. The molecule has 3 heterocycles. The SMILES string of the molecule is Cc1nc2c3ccccc3[nH]c2c2[nH]c3ccccc3c12. The van der Waals surface area contributed by atoms with Gasteiger partial charge in [0.05, 0.1) is 16.6 Å². The van der Waals surface area contributed by atoms with Gasteiger partial charge in [-0.15, -0.1) is 0 Å². The van der Waals surface area contributed by atoms with Crippen LogP contribution in [0.1, 0.15) is 5.69 Å². The molecule has 5 aromatic rings. The topological polar surface area (TPSA) is 44.5 Å². The van der Waals surface area contributed by atoms with Crippen molar-refractivity contribution in [3.63, 3.8) is 0 Å². The largest absolute Gasteiger partial charge is 0.353 e. The average molecular weight is 271 g/mol. The first-order chi connectivity index (χ1) is 10.3. The standard InChI is InChI=1S/C18H13N3/c1-10-15-11-6-2-4-8-13(11)20-17(15)18-16(19-10)12-7-3-5-9-14(12)21-18/h2-9,20-21H,1H3. The summed E-state index contributed by atoms with van der Waals surface area (Å²) in [6, 6.07) is 16.7. The summed E-state index contributed by atoms with van der Waals surface area (Å²) in [6.45, 7) is 2.09. The number of hydrogen-bond acceptors (Lipinski definition) is 1. The van der Waals surface area contributed by atoms with Crippen LogP contribution in [-0.4, -0.2) is 15.0 Å². The van der Waals surface area contributed by atoms with Crippen LogP contribution in [0.25, 0.3) is 43.7 Å². The van der Waals surface area contributed by atoms with Crippen LogP contribution in [0.15, 0.2) is 48.5 Å². The third-order valence-corrected chi connectivity index (χ3v) is 4.28. The van der Waals surface area contributed by atoms with Gasteiger partial charge in [-0.2, -0.15) is 0 Å². The Morgan fingerprint density at radius 1 is 0.762 bits per heavy atom. The zero-order valence-corrected chi connectivity index (χ0v) is 11.6. The number of nitrogens with zero attached hydrogens (tertiary/aromatic N) is 1. The molecule has 0 bridgehead atoms. The predicted octanol–water partition coefficient (Wildman–Crippen LogP) is 4.66. The van der Waals surface area contributed by atoms with E-state index >= 15 is 0 Å². The Kier molecular flexibility index (Phi) is 1.89. The van der Waals surface area contributed by atoms with E-state index in [-0.39, 0.29) is 0 Å². The molecule has 0 radical (unpaired) electrons. The van der Waals surface area contributed by atoms with Gasteiger partial charge in [0.15, 0.2) is 0 Å². The van der Waals surface area contributed by atoms with Crippen LogP contribution in [0.4, 0.5) is 0 Å². The summed E-state index contributed by atoms with van der Waals surface area (Å²) in [4.78, 5) is 11.9. The Bertz CT molecular complexity index is 1140. The van der Waals surface area contributed by atoms with Crippen molar-refractivity contribution in [2.24, 2.45) is 0 Å². The molecule has 0 fully saturated rings. The highest BCUT2D eigenvalue weighted by Crippen LogP contribution is 2.34. The van der Waals surface area contributed by atoms with Crippen molar-refractivity contribution in [3.8, 4) is 0 Å². The van der Waals surface area contributed by atoms with Gasteiger partial charge in [0, 0.05) is 32.9 Å². The molecule has 0 aliphatic rings. The molecule has 0 unspecified atom stereocenters. The molecule has 0 saturated heterocycles. The van der Waals surface area contributed by atoms with E-state index in [0.29, 0.717) is 0 Å². The minimum atomic E-state index is 1.04. The Morgan fingerprint density at radius 3 is 2.19 bits per heavy atom. The number of fused-ring (bicyclic) bond motifs is 7. The minimum Gasteiger partial charge on any atom is -0.353 e. The molecule has 21 heavy (non-hydrogen) atoms. The molecular formula is C18H13N3. The lowest BCUT2D eigenvalue weighted by Crippen LogP contribution is -1.84. The third kappa shape index (κ3) is 1.30. The first-order valence-corrected chi connectivity index (χ1v) is 7.10. The van der Waals surface area contributed by atoms with Gasteiger partial charge in [0.2, 0.25) is 0 Å². The maximum atomic E-state index is 4.86. The smallest absolute Gasteiger partial charge is 0.0982 e. The Balaban J connectivity index is 2.14. The van der Waals surface area contributed by atoms with E-state index in [9.17, 15) is 0 Å². The molecule has 100 valence electrons. The summed E-state index contributed by atoms with van der Waals surface area (Å²) in [5, 5.41) is 3.62. The van der Waals surface area contributed by atoms with Crippen LogP contribution in [0.5, 0.6) is 0 Å². The molecule has 0 aliphatic heterocycles. The van der Waals surface area contributed by atoms with Crippen molar-refractivity contribution in [2.45, 2.75) is 6.92 Å². The number of pyridine rings is 1. The van der Waals surface area contributed by atoms with Crippen molar-refractivity contribution in [3.05, 3.63) is 54.2 Å². The number of aryl methyl sites for hydroxylation is 1. The Hall–Kier alpha value is -2.81. The molecule has 0 atom stereocenters. The lowest BCUT2D eigenvalue weighted by atomic mass is 10.1. The zero-order chi connectivity index (χ0) is 14.0. The highest BCUT2D eigenvalue weighted by molar-refractivity contribution is 6.20. The number of aromatic nitrogens is 3. The fraction of sp³-hybridized carbons (Fsp3) is 0.0556. The fourth-order valence-corrected chi connectivity index (χ4v) is 3.35. The zero-order valence-electron chi connectivity index (χ0n) is 11.6. The van der Waals surface area contributed by atoms with Crippen molar-refractivity contribution in [2.75, 3.05) is 0 Å². The quantitative estimate of drug-likeness (QED) is 0.423. The normalized spacial score (nSPS) is 12.0. The van der Waals surface area contributed by atoms with Gasteiger partial charge in [-0.25, -0.2) is 0 Å². The first-order valence-electron chi connectivity index (χ1n) is 7.10. The van der Waals surface area contributed by atoms with Crippen LogP contribution in [0, 0.1) is 6.92 Å². The summed E-state index contributed by atoms with van der Waals surface area (Å²) >= 11 is 0. The number of aromatic amines is 2. The van der Waals surface area contributed by atoms with Crippen molar-refractivity contribution >= 4 is 43.7 Å². The van der Waals surface area contributed by atoms with Crippen LogP contribution >= 0.6 is 0 Å². The van der Waals surface area contributed by atoms with E-state index < -0.39 is 0 Å². The summed E-state index contributed by atoms with van der Waals surface area (Å²) in [6.07, 6.45) is 0. The van der Waals surface area contributed by atoms with E-state index in [1.54, 1.807) is 0 Å². The first kappa shape index (κ1) is 10.9. The fourth-order valence-electron chi connectivity index (χ4n) is 3.35. The van der Waals surface area contributed by atoms with Gasteiger partial charge in [-0.1, -0.05) is 36.4 Å². The second-order valence-corrected chi connectivity index (χ2v) is 5.51. The van der Waals surface area contributed by atoms with Crippen LogP contribution in [0.3, 0.4) is 0 Å². The molecule has 3 heteroatoms. The molecule has 0 amide bonds. The van der Waals surface area contributed by atoms with Crippen molar-refractivity contribution in [1.29, 1.82) is 0 Å². The Labute approximate surface area is 120 Å². The van der Waals surface area contributed by atoms with Gasteiger partial charge in [-0.05, 0) is 19.1 Å². The molecule has 5 rings (SSSR count). The van der Waals surface area contributed by atoms with Gasteiger partial charge in [0.25, 0.3) is 0 Å². The number of nitrogens with one attached hydrogen (secondary N) is 2. The number of para-hydroxylation sites is 2. The van der Waals surface area contributed by atoms with Crippen LogP contribution < -0.4 is 0 Å². The second-order valence-electron chi connectivity index (χ2n) is 5.51. The molecule has 2 aromatic carbocycles. The maximum absolute atomic E-state index is 4.86. The van der Waals surface area contributed by atoms with Gasteiger partial charge >= 0.3 is 0 Å². The van der Waals surface area contributed by atoms with Gasteiger partial charge in [-0.3, -0.25) is 4.98 Å². The van der Waals surface area contributed by atoms with E-state index in [1.807, 2.05) is 6.07 Å². The summed E-state index contributed by atoms with van der Waals surface area (Å²) < 4.78 is 0. The molecule has 0 saturated carbocycles. The number of H-pyrrole nitrogens is 2. The minimum absolute atomic E-state index is 1.04. The molecule has 3 nitrogen and oxygen atoms in total. The van der Waals surface area contributed by atoms with Gasteiger partial charge < -0.3 is 9.97 Å². The molecule has 0 aliphatic carbocycles. The van der Waals surface area contributed by atoms with E-state index in [4.69, 9.17) is 4.98 Å². The molecule has 0 spiro atoms. The van der Waals surface area contributed by atoms with Crippen LogP contribution in [0.2, 0.25) is 0 Å². The Morgan fingerprint density at radius 2 is 1.38 bits per heavy atom. The van der Waals surface area contributed by atoms with E-state index in [2.05, 4.69) is 59.4 Å². The summed E-state index contributed by atoms with van der Waals surface area (Å²) in [5.74, 6) is 0. The number of rotatable bonds is 0. The van der Waals surface area contributed by atoms with E-state index in [1.165, 1.54) is 16.2 Å². The number of benzene rings is 2. The third-order valence-electron chi connectivity index (χ3n) is 4.28. The second kappa shape index (κ2) is 3.64. The number of hydrogen-bond donors (Lipinski definition) is 2. The lowest BCUT2D eigenvalue weighted by Gasteiger charge is -1.99. The molecule has 2 N–H and O–H groups in total. The summed E-state index contributed by atoms with van der Waals surface area (Å²) in [5.41, 5.74) is 6.64. The highest BCUT2D eigenvalue weighted by Gasteiger charge is 2.14. The van der Waals surface area contributed by atoms with Crippen molar-refractivity contribution < 1.29 is 0 Å². The molecular weight excluding hydrogens is 258 g/mol. The maximum Gasteiger partial charge on any atom is 0.0982 e. The highest BCUT2D eigenvalue weighted by atomic mass is 14.8. The van der Waals surface area contributed by atoms with E-state index in [0.717, 1.165) is 33.3 Å². The van der Waals surface area contributed by atoms with Crippen LogP contribution in [-0.2, 0) is 0 Å². The lowest BCUT2D eigenvalue weighted by molar-refractivity contribution is 1.30. The average Bonchev–Trinajstić information content (AvgIpc) is 3.06. The predicted molar refractivity (Wildman–Crippen MR) is 87.7 cm³/mol. The monoisotopic (exact) mass is 271 g/mol.